The van der Waals surface area contributed by atoms with E-state index in [1.807, 2.05) is 0 Å². The Kier molecular flexibility index (Phi) is 52.1. The molecule has 0 N–H and O–H groups in total. The largest absolute Gasteiger partial charge is 0.462 e. The highest BCUT2D eigenvalue weighted by Gasteiger charge is 2.19. The maximum atomic E-state index is 12.9. The first kappa shape index (κ1) is 63.4. The van der Waals surface area contributed by atoms with Crippen LogP contribution in [0, 0.1) is 5.92 Å². The van der Waals surface area contributed by atoms with Crippen LogP contribution in [0.3, 0.4) is 0 Å². The third kappa shape index (κ3) is 53.2. The zero-order valence-corrected chi connectivity index (χ0v) is 44.5. The maximum Gasteiger partial charge on any atom is 0.306 e. The van der Waals surface area contributed by atoms with Crippen LogP contribution in [0.4, 0.5) is 0 Å². The summed E-state index contributed by atoms with van der Waals surface area (Å²) in [4.78, 5) is 38.1. The normalized spacial score (nSPS) is 12.0. The van der Waals surface area contributed by atoms with Crippen LogP contribution in [0.1, 0.15) is 336 Å². The van der Waals surface area contributed by atoms with Crippen molar-refractivity contribution >= 4 is 17.9 Å². The molecule has 6 heteroatoms. The Bertz CT molecular complexity index is 980. The molecule has 0 radical (unpaired) electrons. The lowest BCUT2D eigenvalue weighted by molar-refractivity contribution is -0.167. The van der Waals surface area contributed by atoms with E-state index in [9.17, 15) is 14.4 Å². The lowest BCUT2D eigenvalue weighted by atomic mass is 10.0. The molecule has 0 aromatic rings. The summed E-state index contributed by atoms with van der Waals surface area (Å²) >= 11 is 0. The number of ether oxygens (including phenoxy) is 3. The first-order chi connectivity index (χ1) is 31.9. The van der Waals surface area contributed by atoms with Crippen LogP contribution >= 0.6 is 0 Å². The first-order valence-electron chi connectivity index (χ1n) is 29.4. The number of carbonyl (C=O) groups excluding carboxylic acids is 3. The average Bonchev–Trinajstić information content (AvgIpc) is 3.29. The van der Waals surface area contributed by atoms with Gasteiger partial charge in [-0.25, -0.2) is 0 Å². The van der Waals surface area contributed by atoms with Gasteiger partial charge in [0.15, 0.2) is 6.10 Å². The Morgan fingerprint density at radius 2 is 0.508 bits per heavy atom. The van der Waals surface area contributed by atoms with Crippen LogP contribution in [0.15, 0.2) is 0 Å². The number of carbonyl (C=O) groups is 3. The summed E-state index contributed by atoms with van der Waals surface area (Å²) < 4.78 is 16.9. The number of hydrogen-bond acceptors (Lipinski definition) is 6. The molecular formula is C59H114O6. The topological polar surface area (TPSA) is 78.9 Å². The molecule has 0 saturated heterocycles. The van der Waals surface area contributed by atoms with Crippen molar-refractivity contribution in [3.63, 3.8) is 0 Å². The van der Waals surface area contributed by atoms with E-state index in [0.717, 1.165) is 63.7 Å². The Morgan fingerprint density at radius 3 is 0.754 bits per heavy atom. The second kappa shape index (κ2) is 53.4. The molecule has 0 aliphatic carbocycles. The molecule has 0 rings (SSSR count). The molecule has 0 heterocycles. The average molecular weight is 920 g/mol. The van der Waals surface area contributed by atoms with Crippen LogP contribution in [0.5, 0.6) is 0 Å². The number of rotatable bonds is 54. The van der Waals surface area contributed by atoms with Gasteiger partial charge in [-0.1, -0.05) is 297 Å². The zero-order valence-electron chi connectivity index (χ0n) is 44.5. The van der Waals surface area contributed by atoms with Gasteiger partial charge in [0, 0.05) is 19.3 Å². The van der Waals surface area contributed by atoms with E-state index in [0.29, 0.717) is 19.3 Å². The van der Waals surface area contributed by atoms with Crippen molar-refractivity contribution in [2.45, 2.75) is 342 Å². The fourth-order valence-corrected chi connectivity index (χ4v) is 9.10. The Hall–Kier alpha value is -1.59. The molecule has 0 fully saturated rings. The summed E-state index contributed by atoms with van der Waals surface area (Å²) in [6.45, 7) is 9.07. The predicted octanol–water partition coefficient (Wildman–Crippen LogP) is 19.4. The molecule has 1 atom stereocenters. The third-order valence-corrected chi connectivity index (χ3v) is 13.5. The second-order valence-electron chi connectivity index (χ2n) is 20.8. The lowest BCUT2D eigenvalue weighted by Gasteiger charge is -2.18. The number of esters is 3. The van der Waals surface area contributed by atoms with Crippen LogP contribution in [-0.2, 0) is 28.6 Å². The van der Waals surface area contributed by atoms with Gasteiger partial charge in [0.25, 0.3) is 0 Å². The van der Waals surface area contributed by atoms with E-state index in [-0.39, 0.29) is 31.1 Å². The van der Waals surface area contributed by atoms with Gasteiger partial charge in [0.1, 0.15) is 13.2 Å². The van der Waals surface area contributed by atoms with Gasteiger partial charge in [-0.05, 0) is 25.2 Å². The molecule has 0 amide bonds. The van der Waals surface area contributed by atoms with Gasteiger partial charge in [-0.15, -0.1) is 0 Å². The molecular weight excluding hydrogens is 805 g/mol. The van der Waals surface area contributed by atoms with Crippen LogP contribution in [0.2, 0.25) is 0 Å². The molecule has 0 aliphatic heterocycles. The first-order valence-corrected chi connectivity index (χ1v) is 29.4. The minimum absolute atomic E-state index is 0.0616. The van der Waals surface area contributed by atoms with E-state index in [2.05, 4.69) is 27.7 Å². The van der Waals surface area contributed by atoms with Gasteiger partial charge in [-0.2, -0.15) is 0 Å². The standard InChI is InChI=1S/C59H114O6/c1-5-7-9-11-13-15-17-19-20-23-27-31-35-39-43-47-51-58(61)64-54-56(53-63-57(60)50-46-42-38-34-30-25-18-16-14-12-10-8-6-2)65-59(62)52-48-44-40-36-32-28-24-21-22-26-29-33-37-41-45-49-55(3)4/h55-56H,5-54H2,1-4H3/t56-/m1/s1. The molecule has 0 unspecified atom stereocenters. The molecule has 65 heavy (non-hydrogen) atoms. The highest BCUT2D eigenvalue weighted by atomic mass is 16.6. The quantitative estimate of drug-likeness (QED) is 0.0344. The molecule has 0 aliphatic rings. The summed E-state index contributed by atoms with van der Waals surface area (Å²) in [6, 6.07) is 0. The van der Waals surface area contributed by atoms with Gasteiger partial charge >= 0.3 is 17.9 Å². The highest BCUT2D eigenvalue weighted by Crippen LogP contribution is 2.18. The molecule has 0 spiro atoms. The van der Waals surface area contributed by atoms with Gasteiger partial charge in [-0.3, -0.25) is 14.4 Å². The monoisotopic (exact) mass is 919 g/mol. The van der Waals surface area contributed by atoms with E-state index in [4.69, 9.17) is 14.2 Å². The van der Waals surface area contributed by atoms with Crippen molar-refractivity contribution < 1.29 is 28.6 Å². The van der Waals surface area contributed by atoms with E-state index in [1.54, 1.807) is 0 Å². The fraction of sp³-hybridized carbons (Fsp3) is 0.949. The minimum atomic E-state index is -0.762. The van der Waals surface area contributed by atoms with Gasteiger partial charge in [0.05, 0.1) is 0 Å². The summed E-state index contributed by atoms with van der Waals surface area (Å²) in [5.41, 5.74) is 0. The van der Waals surface area contributed by atoms with E-state index >= 15 is 0 Å². The molecule has 0 aromatic heterocycles. The summed E-state index contributed by atoms with van der Waals surface area (Å²) in [5.74, 6) is 0.0144. The Labute approximate surface area is 406 Å². The SMILES string of the molecule is CCCCCCCCCCCCCCCCCCC(=O)OC[C@@H](COC(=O)CCCCCCCCCCCCCCC)OC(=O)CCCCCCCCCCCCCCCCCC(C)C. The number of unbranched alkanes of at least 4 members (excludes halogenated alkanes) is 41. The molecule has 0 bridgehead atoms. The summed E-state index contributed by atoms with van der Waals surface area (Å²) in [6.07, 6.45) is 58.0. The van der Waals surface area contributed by atoms with Crippen molar-refractivity contribution in [2.24, 2.45) is 5.92 Å². The zero-order chi connectivity index (χ0) is 47.4. The second-order valence-corrected chi connectivity index (χ2v) is 20.8. The predicted molar refractivity (Wildman–Crippen MR) is 280 cm³/mol. The molecule has 386 valence electrons. The summed E-state index contributed by atoms with van der Waals surface area (Å²) in [5, 5.41) is 0. The Morgan fingerprint density at radius 1 is 0.292 bits per heavy atom. The van der Waals surface area contributed by atoms with Crippen molar-refractivity contribution in [3.8, 4) is 0 Å². The Balaban J connectivity index is 4.28. The lowest BCUT2D eigenvalue weighted by Crippen LogP contribution is -2.30. The van der Waals surface area contributed by atoms with Crippen molar-refractivity contribution in [2.75, 3.05) is 13.2 Å². The van der Waals surface area contributed by atoms with Crippen molar-refractivity contribution in [3.05, 3.63) is 0 Å². The van der Waals surface area contributed by atoms with Crippen LogP contribution < -0.4 is 0 Å². The summed E-state index contributed by atoms with van der Waals surface area (Å²) in [7, 11) is 0. The van der Waals surface area contributed by atoms with Crippen molar-refractivity contribution in [1.82, 2.24) is 0 Å². The van der Waals surface area contributed by atoms with Gasteiger partial charge < -0.3 is 14.2 Å². The smallest absolute Gasteiger partial charge is 0.306 e. The third-order valence-electron chi connectivity index (χ3n) is 13.5. The van der Waals surface area contributed by atoms with E-state index < -0.39 is 6.10 Å². The molecule has 6 nitrogen and oxygen atoms in total. The minimum Gasteiger partial charge on any atom is -0.462 e. The van der Waals surface area contributed by atoms with Gasteiger partial charge in [0.2, 0.25) is 0 Å². The molecule has 0 aromatic carbocycles. The maximum absolute atomic E-state index is 12.9. The van der Waals surface area contributed by atoms with Crippen molar-refractivity contribution in [1.29, 1.82) is 0 Å². The number of hydrogen-bond donors (Lipinski definition) is 0. The fourth-order valence-electron chi connectivity index (χ4n) is 9.10. The highest BCUT2D eigenvalue weighted by molar-refractivity contribution is 5.71. The van der Waals surface area contributed by atoms with Crippen LogP contribution in [0.25, 0.3) is 0 Å². The van der Waals surface area contributed by atoms with E-state index in [1.165, 1.54) is 231 Å². The van der Waals surface area contributed by atoms with Crippen LogP contribution in [-0.4, -0.2) is 37.2 Å². The molecule has 0 saturated carbocycles.